The highest BCUT2D eigenvalue weighted by atomic mass is 16.6. The molecular formula is C28H37N3O7. The smallest absolute Gasteiger partial charge is 0.408 e. The highest BCUT2D eigenvalue weighted by Crippen LogP contribution is 2.10. The first-order valence-electron chi connectivity index (χ1n) is 12.3. The van der Waals surface area contributed by atoms with Crippen molar-refractivity contribution in [3.8, 4) is 0 Å². The number of aliphatic hydroxyl groups is 1. The first kappa shape index (κ1) is 30.3. The molecule has 0 unspecified atom stereocenters. The van der Waals surface area contributed by atoms with Gasteiger partial charge in [0.25, 0.3) is 0 Å². The Hall–Kier alpha value is -3.92. The molecule has 0 aliphatic rings. The van der Waals surface area contributed by atoms with E-state index in [1.807, 2.05) is 36.4 Å². The van der Waals surface area contributed by atoms with Gasteiger partial charge in [0.15, 0.2) is 6.04 Å². The third kappa shape index (κ3) is 10.2. The zero-order valence-electron chi connectivity index (χ0n) is 22.4. The summed E-state index contributed by atoms with van der Waals surface area (Å²) < 4.78 is 10.0. The Kier molecular flexibility index (Phi) is 11.3. The Morgan fingerprint density at radius 3 is 1.66 bits per heavy atom. The van der Waals surface area contributed by atoms with Gasteiger partial charge in [-0.25, -0.2) is 9.59 Å². The first-order chi connectivity index (χ1) is 17.9. The van der Waals surface area contributed by atoms with E-state index in [0.717, 1.165) is 18.2 Å². The van der Waals surface area contributed by atoms with Crippen molar-refractivity contribution in [1.82, 2.24) is 16.0 Å². The van der Waals surface area contributed by atoms with Gasteiger partial charge < -0.3 is 30.5 Å². The third-order valence-corrected chi connectivity index (χ3v) is 5.44. The number of methoxy groups -OCH3 is 1. The van der Waals surface area contributed by atoms with E-state index in [1.54, 1.807) is 45.0 Å². The largest absolute Gasteiger partial charge is 0.467 e. The van der Waals surface area contributed by atoms with Crippen LogP contribution in [0.1, 0.15) is 38.8 Å². The molecule has 3 amide bonds. The Bertz CT molecular complexity index is 1070. The molecule has 2 aromatic carbocycles. The zero-order chi connectivity index (χ0) is 28.3. The molecule has 2 rings (SSSR count). The van der Waals surface area contributed by atoms with Gasteiger partial charge in [0.2, 0.25) is 11.8 Å². The Morgan fingerprint density at radius 1 is 0.789 bits per heavy atom. The Morgan fingerprint density at radius 2 is 1.24 bits per heavy atom. The summed E-state index contributed by atoms with van der Waals surface area (Å²) in [6, 6.07) is 14.5. The molecule has 0 aliphatic heterocycles. The summed E-state index contributed by atoms with van der Waals surface area (Å²) in [5, 5.41) is 17.8. The van der Waals surface area contributed by atoms with Crippen molar-refractivity contribution in [2.24, 2.45) is 0 Å². The molecule has 4 atom stereocenters. The average molecular weight is 528 g/mol. The molecule has 206 valence electrons. The van der Waals surface area contributed by atoms with Crippen LogP contribution in [0.15, 0.2) is 60.7 Å². The van der Waals surface area contributed by atoms with Crippen molar-refractivity contribution >= 4 is 23.9 Å². The number of nitrogens with one attached hydrogen (secondary N) is 3. The molecule has 4 N–H and O–H groups in total. The van der Waals surface area contributed by atoms with E-state index in [-0.39, 0.29) is 12.8 Å². The molecule has 0 aliphatic carbocycles. The lowest BCUT2D eigenvalue weighted by atomic mass is 10.0. The summed E-state index contributed by atoms with van der Waals surface area (Å²) in [7, 11) is 1.14. The number of benzene rings is 2. The number of hydrogen-bond acceptors (Lipinski definition) is 7. The summed E-state index contributed by atoms with van der Waals surface area (Å²) in [5.41, 5.74) is 0.754. The fourth-order valence-corrected chi connectivity index (χ4v) is 3.60. The summed E-state index contributed by atoms with van der Waals surface area (Å²) in [5.74, 6) is -2.15. The highest BCUT2D eigenvalue weighted by molar-refractivity contribution is 5.93. The average Bonchev–Trinajstić information content (AvgIpc) is 2.85. The van der Waals surface area contributed by atoms with Gasteiger partial charge in [0.1, 0.15) is 17.7 Å². The number of aliphatic hydroxyl groups excluding tert-OH is 1. The van der Waals surface area contributed by atoms with Gasteiger partial charge in [-0.2, -0.15) is 0 Å². The predicted octanol–water partition coefficient (Wildman–Crippen LogP) is 1.89. The molecule has 10 heteroatoms. The second kappa shape index (κ2) is 14.1. The Labute approximate surface area is 223 Å². The van der Waals surface area contributed by atoms with Crippen LogP contribution in [-0.2, 0) is 36.7 Å². The number of rotatable bonds is 11. The van der Waals surface area contributed by atoms with E-state index in [9.17, 15) is 24.3 Å². The quantitative estimate of drug-likeness (QED) is 0.327. The minimum Gasteiger partial charge on any atom is -0.467 e. The SMILES string of the molecule is COC(=O)[C@H](NC(=O)[C@H](Cc1ccccc1)NC(=O)[C@H](Cc1ccccc1)NC(=O)OC(C)(C)C)[C@@H](C)O. The zero-order valence-corrected chi connectivity index (χ0v) is 22.4. The highest BCUT2D eigenvalue weighted by Gasteiger charge is 2.32. The molecule has 0 bridgehead atoms. The van der Waals surface area contributed by atoms with Crippen molar-refractivity contribution < 1.29 is 33.8 Å². The summed E-state index contributed by atoms with van der Waals surface area (Å²) in [6.07, 6.45) is -1.78. The number of carbonyl (C=O) groups is 4. The molecule has 0 spiro atoms. The van der Waals surface area contributed by atoms with E-state index in [2.05, 4.69) is 20.7 Å². The van der Waals surface area contributed by atoms with Gasteiger partial charge >= 0.3 is 12.1 Å². The molecule has 0 aromatic heterocycles. The molecule has 0 saturated carbocycles. The van der Waals surface area contributed by atoms with E-state index in [0.29, 0.717) is 0 Å². The molecule has 10 nitrogen and oxygen atoms in total. The maximum atomic E-state index is 13.5. The topological polar surface area (TPSA) is 143 Å². The predicted molar refractivity (Wildman–Crippen MR) is 141 cm³/mol. The van der Waals surface area contributed by atoms with Crippen LogP contribution in [0, 0.1) is 0 Å². The van der Waals surface area contributed by atoms with Crippen LogP contribution in [0.2, 0.25) is 0 Å². The lowest BCUT2D eigenvalue weighted by Crippen LogP contribution is -2.58. The molecule has 2 aromatic rings. The molecule has 0 heterocycles. The van der Waals surface area contributed by atoms with Crippen molar-refractivity contribution in [3.05, 3.63) is 71.8 Å². The number of carbonyl (C=O) groups excluding carboxylic acids is 4. The number of ether oxygens (including phenoxy) is 2. The second-order valence-corrected chi connectivity index (χ2v) is 9.89. The van der Waals surface area contributed by atoms with E-state index in [4.69, 9.17) is 4.74 Å². The van der Waals surface area contributed by atoms with E-state index < -0.39 is 53.7 Å². The van der Waals surface area contributed by atoms with Crippen LogP contribution in [0.3, 0.4) is 0 Å². The van der Waals surface area contributed by atoms with Crippen molar-refractivity contribution in [2.45, 2.75) is 70.4 Å². The number of esters is 1. The van der Waals surface area contributed by atoms with Gasteiger partial charge in [-0.05, 0) is 38.8 Å². The van der Waals surface area contributed by atoms with E-state index >= 15 is 0 Å². The Balaban J connectivity index is 2.30. The molecule has 0 radical (unpaired) electrons. The summed E-state index contributed by atoms with van der Waals surface area (Å²) in [4.78, 5) is 51.3. The molecular weight excluding hydrogens is 490 g/mol. The monoisotopic (exact) mass is 527 g/mol. The van der Waals surface area contributed by atoms with Crippen LogP contribution in [0.25, 0.3) is 0 Å². The van der Waals surface area contributed by atoms with Gasteiger partial charge in [0, 0.05) is 12.8 Å². The number of amides is 3. The van der Waals surface area contributed by atoms with Gasteiger partial charge in [-0.3, -0.25) is 9.59 Å². The maximum Gasteiger partial charge on any atom is 0.408 e. The van der Waals surface area contributed by atoms with Crippen LogP contribution < -0.4 is 16.0 Å². The van der Waals surface area contributed by atoms with Crippen molar-refractivity contribution in [3.63, 3.8) is 0 Å². The normalized spacial score (nSPS) is 14.3. The van der Waals surface area contributed by atoms with Crippen LogP contribution in [0.4, 0.5) is 4.79 Å². The summed E-state index contributed by atoms with van der Waals surface area (Å²) in [6.45, 7) is 6.46. The summed E-state index contributed by atoms with van der Waals surface area (Å²) >= 11 is 0. The van der Waals surface area contributed by atoms with Gasteiger partial charge in [-0.15, -0.1) is 0 Å². The number of hydrogen-bond donors (Lipinski definition) is 4. The molecule has 0 fully saturated rings. The van der Waals surface area contributed by atoms with Crippen molar-refractivity contribution in [1.29, 1.82) is 0 Å². The molecule has 0 saturated heterocycles. The van der Waals surface area contributed by atoms with Gasteiger partial charge in [0.05, 0.1) is 13.2 Å². The third-order valence-electron chi connectivity index (χ3n) is 5.44. The standard InChI is InChI=1S/C28H37N3O7/c1-18(32)23(26(35)37-5)31-25(34)21(16-19-12-8-6-9-13-19)29-24(33)22(17-20-14-10-7-11-15-20)30-27(36)38-28(2,3)4/h6-15,18,21-23,32H,16-17H2,1-5H3,(H,29,33)(H,30,36)(H,31,34)/t18-,21+,22+,23-/m1/s1. The minimum atomic E-state index is -1.33. The second-order valence-electron chi connectivity index (χ2n) is 9.89. The lowest BCUT2D eigenvalue weighted by molar-refractivity contribution is -0.148. The minimum absolute atomic E-state index is 0.0939. The van der Waals surface area contributed by atoms with Crippen molar-refractivity contribution in [2.75, 3.05) is 7.11 Å². The van der Waals surface area contributed by atoms with E-state index in [1.165, 1.54) is 6.92 Å². The first-order valence-corrected chi connectivity index (χ1v) is 12.3. The van der Waals surface area contributed by atoms with Crippen LogP contribution in [0.5, 0.6) is 0 Å². The lowest BCUT2D eigenvalue weighted by Gasteiger charge is -2.27. The van der Waals surface area contributed by atoms with Crippen LogP contribution >= 0.6 is 0 Å². The fourth-order valence-electron chi connectivity index (χ4n) is 3.60. The maximum absolute atomic E-state index is 13.5. The van der Waals surface area contributed by atoms with Gasteiger partial charge in [-0.1, -0.05) is 60.7 Å². The number of alkyl carbamates (subject to hydrolysis) is 1. The van der Waals surface area contributed by atoms with Crippen LogP contribution in [-0.4, -0.2) is 65.9 Å². The molecule has 38 heavy (non-hydrogen) atoms. The fraction of sp³-hybridized carbons (Fsp3) is 0.429.